The van der Waals surface area contributed by atoms with Crippen molar-refractivity contribution >= 4 is 57.0 Å². The van der Waals surface area contributed by atoms with Gasteiger partial charge in [0.25, 0.3) is 0 Å². The van der Waals surface area contributed by atoms with Gasteiger partial charge in [-0.25, -0.2) is 19.3 Å². The Balaban J connectivity index is 1.45. The average molecular weight is 568 g/mol. The number of nitrogens with zero attached hydrogens (tertiary/aromatic N) is 7. The Bertz CT molecular complexity index is 1200. The third-order valence-electron chi connectivity index (χ3n) is 5.87. The van der Waals surface area contributed by atoms with Gasteiger partial charge in [0, 0.05) is 55.4 Å². The van der Waals surface area contributed by atoms with Gasteiger partial charge in [0.15, 0.2) is 14.6 Å². The second-order valence-corrected chi connectivity index (χ2v) is 9.13. The molecule has 32 heavy (non-hydrogen) atoms. The van der Waals surface area contributed by atoms with E-state index in [1.165, 1.54) is 6.07 Å². The van der Waals surface area contributed by atoms with Crippen LogP contribution in [0.4, 0.5) is 16.0 Å². The van der Waals surface area contributed by atoms with E-state index in [1.54, 1.807) is 12.1 Å². The number of aromatic nitrogens is 4. The van der Waals surface area contributed by atoms with Crippen LogP contribution in [0.1, 0.15) is 31.1 Å². The van der Waals surface area contributed by atoms with Crippen molar-refractivity contribution in [3.05, 3.63) is 38.6 Å². The summed E-state index contributed by atoms with van der Waals surface area (Å²) in [6, 6.07) is 6.57. The van der Waals surface area contributed by atoms with Crippen LogP contribution in [0.5, 0.6) is 0 Å². The summed E-state index contributed by atoms with van der Waals surface area (Å²) in [7, 11) is 0. The predicted octanol–water partition coefficient (Wildman–Crippen LogP) is 4.12. The van der Waals surface area contributed by atoms with Gasteiger partial charge in [-0.1, -0.05) is 11.6 Å². The monoisotopic (exact) mass is 567 g/mol. The van der Waals surface area contributed by atoms with Crippen LogP contribution in [0.15, 0.2) is 18.2 Å². The van der Waals surface area contributed by atoms with E-state index in [2.05, 4.69) is 37.5 Å². The minimum Gasteiger partial charge on any atom is -0.366 e. The molecule has 1 aromatic carbocycles. The Morgan fingerprint density at radius 1 is 1.12 bits per heavy atom. The van der Waals surface area contributed by atoms with Crippen LogP contribution >= 0.6 is 34.2 Å². The molecule has 0 amide bonds. The number of benzene rings is 1. The molecule has 1 atom stereocenters. The molecule has 2 aromatic heterocycles. The van der Waals surface area contributed by atoms with Crippen LogP contribution in [-0.4, -0.2) is 52.3 Å². The smallest absolute Gasteiger partial charge is 0.210 e. The number of imidazole rings is 1. The first-order valence-corrected chi connectivity index (χ1v) is 11.9. The van der Waals surface area contributed by atoms with Gasteiger partial charge in [-0.2, -0.15) is 5.26 Å². The molecular weight excluding hydrogens is 548 g/mol. The van der Waals surface area contributed by atoms with Crippen molar-refractivity contribution in [1.29, 1.82) is 5.26 Å². The summed E-state index contributed by atoms with van der Waals surface area (Å²) in [5.74, 6) is 0.377. The molecule has 2 aliphatic heterocycles. The van der Waals surface area contributed by atoms with E-state index in [4.69, 9.17) is 26.6 Å². The minimum absolute atomic E-state index is 0.153. The second kappa shape index (κ2) is 8.96. The highest BCUT2D eigenvalue weighted by molar-refractivity contribution is 14.1. The van der Waals surface area contributed by atoms with E-state index < -0.39 is 0 Å². The molecule has 0 radical (unpaired) electrons. The maximum Gasteiger partial charge on any atom is 0.210 e. The summed E-state index contributed by atoms with van der Waals surface area (Å²) >= 11 is 8.46. The van der Waals surface area contributed by atoms with Gasteiger partial charge in [-0.3, -0.25) is 4.57 Å². The predicted molar refractivity (Wildman–Crippen MR) is 127 cm³/mol. The number of halogens is 3. The molecule has 2 aliphatic rings. The molecular formula is C21H20ClFIN7O. The fraction of sp³-hybridized carbons (Fsp3) is 0.429. The first kappa shape index (κ1) is 21.6. The molecule has 0 aliphatic carbocycles. The van der Waals surface area contributed by atoms with Crippen LogP contribution in [0.2, 0.25) is 5.15 Å². The summed E-state index contributed by atoms with van der Waals surface area (Å²) in [6.07, 6.45) is 2.85. The molecule has 4 heterocycles. The zero-order valence-corrected chi connectivity index (χ0v) is 20.1. The molecule has 5 rings (SSSR count). The normalized spacial score (nSPS) is 19.4. The largest absolute Gasteiger partial charge is 0.366 e. The lowest BCUT2D eigenvalue weighted by Gasteiger charge is -2.37. The van der Waals surface area contributed by atoms with Gasteiger partial charge in [0.05, 0.1) is 17.3 Å². The summed E-state index contributed by atoms with van der Waals surface area (Å²) in [5.41, 5.74) is 2.07. The molecule has 11 heteroatoms. The second-order valence-electron chi connectivity index (χ2n) is 7.81. The lowest BCUT2D eigenvalue weighted by molar-refractivity contribution is -0.0289. The maximum atomic E-state index is 14.5. The Kier molecular flexibility index (Phi) is 6.05. The van der Waals surface area contributed by atoms with E-state index in [-0.39, 0.29) is 12.0 Å². The molecule has 1 unspecified atom stereocenters. The van der Waals surface area contributed by atoms with Crippen molar-refractivity contribution in [2.45, 2.75) is 25.5 Å². The van der Waals surface area contributed by atoms with Crippen molar-refractivity contribution in [3.63, 3.8) is 0 Å². The average Bonchev–Trinajstić information content (AvgIpc) is 3.19. The standard InChI is InChI=1S/C21H20ClFIN7O/c22-18-17-19(28-20(24)27-18)31(16-3-1-2-10-32-16)21(26-17)30-8-6-29(7-9-30)15-5-4-13(12-25)11-14(15)23/h4-5,11,16H,1-3,6-10H2. The first-order chi connectivity index (χ1) is 15.5. The number of ether oxygens (including phenoxy) is 1. The number of anilines is 2. The van der Waals surface area contributed by atoms with Crippen molar-refractivity contribution in [3.8, 4) is 6.07 Å². The molecule has 8 nitrogen and oxygen atoms in total. The van der Waals surface area contributed by atoms with Crippen LogP contribution in [0.25, 0.3) is 11.2 Å². The van der Waals surface area contributed by atoms with Crippen molar-refractivity contribution in [1.82, 2.24) is 19.5 Å². The third-order valence-corrected chi connectivity index (χ3v) is 6.62. The van der Waals surface area contributed by atoms with Crippen LogP contribution in [0.3, 0.4) is 0 Å². The molecule has 0 saturated carbocycles. The van der Waals surface area contributed by atoms with E-state index >= 15 is 0 Å². The molecule has 3 aromatic rings. The van der Waals surface area contributed by atoms with E-state index in [0.29, 0.717) is 64.2 Å². The van der Waals surface area contributed by atoms with Crippen molar-refractivity contribution in [2.24, 2.45) is 0 Å². The fourth-order valence-electron chi connectivity index (χ4n) is 4.30. The lowest BCUT2D eigenvalue weighted by Crippen LogP contribution is -2.48. The summed E-state index contributed by atoms with van der Waals surface area (Å²) in [6.45, 7) is 3.24. The van der Waals surface area contributed by atoms with E-state index in [0.717, 1.165) is 25.2 Å². The van der Waals surface area contributed by atoms with Gasteiger partial charge in [-0.15, -0.1) is 0 Å². The highest BCUT2D eigenvalue weighted by atomic mass is 127. The quantitative estimate of drug-likeness (QED) is 0.268. The number of hydrogen-bond acceptors (Lipinski definition) is 7. The molecule has 2 fully saturated rings. The van der Waals surface area contributed by atoms with Crippen LogP contribution in [-0.2, 0) is 4.74 Å². The van der Waals surface area contributed by atoms with Gasteiger partial charge >= 0.3 is 0 Å². The fourth-order valence-corrected chi connectivity index (χ4v) is 5.12. The molecule has 2 saturated heterocycles. The van der Waals surface area contributed by atoms with Gasteiger partial charge in [-0.05, 0) is 37.5 Å². The first-order valence-electron chi connectivity index (χ1n) is 10.5. The third kappa shape index (κ3) is 3.97. The molecule has 0 spiro atoms. The van der Waals surface area contributed by atoms with E-state index in [9.17, 15) is 4.39 Å². The zero-order valence-electron chi connectivity index (χ0n) is 17.1. The number of rotatable bonds is 3. The van der Waals surface area contributed by atoms with E-state index in [1.807, 2.05) is 15.5 Å². The summed E-state index contributed by atoms with van der Waals surface area (Å²) in [5, 5.41) is 9.31. The summed E-state index contributed by atoms with van der Waals surface area (Å²) < 4.78 is 23.2. The van der Waals surface area contributed by atoms with Crippen LogP contribution < -0.4 is 9.80 Å². The lowest BCUT2D eigenvalue weighted by atomic mass is 10.2. The van der Waals surface area contributed by atoms with Crippen LogP contribution in [0, 0.1) is 21.0 Å². The highest BCUT2D eigenvalue weighted by Crippen LogP contribution is 2.34. The SMILES string of the molecule is N#Cc1ccc(N2CCN(c3nc4c(Cl)nc(I)nc4n3C3CCCCO3)CC2)c(F)c1. The van der Waals surface area contributed by atoms with Gasteiger partial charge < -0.3 is 14.5 Å². The molecule has 166 valence electrons. The number of fused-ring (bicyclic) bond motifs is 1. The summed E-state index contributed by atoms with van der Waals surface area (Å²) in [4.78, 5) is 17.8. The number of piperazine rings is 1. The number of nitriles is 1. The Morgan fingerprint density at radius 3 is 2.59 bits per heavy atom. The Labute approximate surface area is 203 Å². The zero-order chi connectivity index (χ0) is 22.2. The topological polar surface area (TPSA) is 83.1 Å². The molecule has 0 bridgehead atoms. The number of hydrogen-bond donors (Lipinski definition) is 0. The van der Waals surface area contributed by atoms with Crippen molar-refractivity contribution in [2.75, 3.05) is 42.6 Å². The Hall–Kier alpha value is -2.23. The molecule has 0 N–H and O–H groups in total. The van der Waals surface area contributed by atoms with Gasteiger partial charge in [0.2, 0.25) is 5.95 Å². The van der Waals surface area contributed by atoms with Crippen molar-refractivity contribution < 1.29 is 9.13 Å². The minimum atomic E-state index is -0.378. The Morgan fingerprint density at radius 2 is 1.91 bits per heavy atom. The van der Waals surface area contributed by atoms with Gasteiger partial charge in [0.1, 0.15) is 17.6 Å². The maximum absolute atomic E-state index is 14.5. The highest BCUT2D eigenvalue weighted by Gasteiger charge is 2.30.